The zero-order valence-electron chi connectivity index (χ0n) is 21.2. The van der Waals surface area contributed by atoms with E-state index >= 15 is 0 Å². The number of amides is 4. The minimum absolute atomic E-state index is 0.00610. The summed E-state index contributed by atoms with van der Waals surface area (Å²) in [6.45, 7) is 5.21. The van der Waals surface area contributed by atoms with Gasteiger partial charge in [0.25, 0.3) is 11.8 Å². The molecule has 1 aromatic rings. The maximum Gasteiger partial charge on any atom is 0.254 e. The maximum atomic E-state index is 13.8. The molecule has 6 atom stereocenters. The predicted molar refractivity (Wildman–Crippen MR) is 144 cm³/mol. The second-order valence-electron chi connectivity index (χ2n) is 11.3. The van der Waals surface area contributed by atoms with Crippen molar-refractivity contribution in [3.63, 3.8) is 0 Å². The van der Waals surface area contributed by atoms with E-state index < -0.39 is 50.8 Å². The maximum absolute atomic E-state index is 13.8. The van der Waals surface area contributed by atoms with Gasteiger partial charge in [-0.2, -0.15) is 0 Å². The number of allylic oxidation sites excluding steroid dienone is 2. The SMILES string of the molecule is CC(C)(C)N1C(=O)C2CC=C3C(CC4(Cl)C(=O)N(CBr)C(=O)C4(Cl)C3c3ccccc3OCCO)C2C1=O. The number of ether oxygens (including phenoxy) is 1. The second-order valence-corrected chi connectivity index (χ2v) is 13.0. The van der Waals surface area contributed by atoms with Crippen LogP contribution in [0.1, 0.15) is 45.1 Å². The van der Waals surface area contributed by atoms with Crippen LogP contribution in [-0.2, 0) is 19.2 Å². The minimum Gasteiger partial charge on any atom is -0.491 e. The Labute approximate surface area is 239 Å². The summed E-state index contributed by atoms with van der Waals surface area (Å²) in [7, 11) is 0. The van der Waals surface area contributed by atoms with Crippen molar-refractivity contribution in [2.24, 2.45) is 17.8 Å². The van der Waals surface area contributed by atoms with Gasteiger partial charge in [-0.15, -0.1) is 23.2 Å². The largest absolute Gasteiger partial charge is 0.491 e. The van der Waals surface area contributed by atoms with E-state index in [1.54, 1.807) is 24.3 Å². The molecule has 0 aromatic heterocycles. The lowest BCUT2D eigenvalue weighted by Crippen LogP contribution is -2.60. The van der Waals surface area contributed by atoms with Gasteiger partial charge in [-0.3, -0.25) is 29.0 Å². The standard InChI is InChI=1S/C27H29BrCl2N2O6/c1-25(2,3)32-21(34)16-9-8-14-17(19(16)22(32)35)12-26(29)23(36)31(13-28)24(37)27(26,30)20(14)15-6-4-5-7-18(15)38-11-10-33/h4-8,16-17,19-20,33H,9-13H2,1-3H3. The quantitative estimate of drug-likeness (QED) is 0.232. The van der Waals surface area contributed by atoms with Crippen LogP contribution >= 0.6 is 39.1 Å². The number of halogens is 3. The number of rotatable bonds is 5. The van der Waals surface area contributed by atoms with Gasteiger partial charge in [0, 0.05) is 17.0 Å². The Kier molecular flexibility index (Phi) is 6.77. The van der Waals surface area contributed by atoms with E-state index in [2.05, 4.69) is 15.9 Å². The average Bonchev–Trinajstić information content (AvgIpc) is 3.21. The molecule has 0 spiro atoms. The summed E-state index contributed by atoms with van der Waals surface area (Å²) in [5.74, 6) is -4.25. The Morgan fingerprint density at radius 2 is 1.76 bits per heavy atom. The third kappa shape index (κ3) is 3.57. The van der Waals surface area contributed by atoms with Crippen LogP contribution in [0.15, 0.2) is 35.9 Å². The summed E-state index contributed by atoms with van der Waals surface area (Å²) in [6, 6.07) is 6.98. The average molecular weight is 628 g/mol. The molecule has 1 saturated carbocycles. The van der Waals surface area contributed by atoms with Crippen molar-refractivity contribution >= 4 is 62.8 Å². The molecule has 11 heteroatoms. The monoisotopic (exact) mass is 626 g/mol. The molecule has 1 N–H and O–H groups in total. The van der Waals surface area contributed by atoms with Crippen LogP contribution < -0.4 is 4.74 Å². The Balaban J connectivity index is 1.73. The highest BCUT2D eigenvalue weighted by atomic mass is 79.9. The van der Waals surface area contributed by atoms with Gasteiger partial charge in [-0.05, 0) is 45.6 Å². The van der Waals surface area contributed by atoms with Crippen molar-refractivity contribution in [1.29, 1.82) is 0 Å². The topological polar surface area (TPSA) is 104 Å². The summed E-state index contributed by atoms with van der Waals surface area (Å²) in [4.78, 5) is 53.3. The number of aliphatic hydroxyl groups excluding tert-OH is 1. The van der Waals surface area contributed by atoms with Gasteiger partial charge in [-0.1, -0.05) is 45.8 Å². The first-order valence-electron chi connectivity index (χ1n) is 12.5. The van der Waals surface area contributed by atoms with Gasteiger partial charge in [0.15, 0.2) is 9.75 Å². The highest BCUT2D eigenvalue weighted by Crippen LogP contribution is 2.66. The number of aliphatic hydroxyl groups is 1. The molecule has 5 rings (SSSR count). The molecular formula is C27H29BrCl2N2O6. The first-order chi connectivity index (χ1) is 17.8. The van der Waals surface area contributed by atoms with Crippen LogP contribution in [0.2, 0.25) is 0 Å². The van der Waals surface area contributed by atoms with Crippen molar-refractivity contribution in [2.45, 2.75) is 54.8 Å². The molecule has 204 valence electrons. The normalized spacial score (nSPS) is 34.8. The first kappa shape index (κ1) is 27.6. The Hall–Kier alpha value is -1.94. The lowest BCUT2D eigenvalue weighted by molar-refractivity contribution is -0.146. The van der Waals surface area contributed by atoms with E-state index in [1.807, 2.05) is 26.8 Å². The number of benzene rings is 1. The van der Waals surface area contributed by atoms with Crippen LogP contribution in [0.3, 0.4) is 0 Å². The number of fused-ring (bicyclic) bond motifs is 4. The van der Waals surface area contributed by atoms with E-state index in [9.17, 15) is 24.3 Å². The van der Waals surface area contributed by atoms with Gasteiger partial charge >= 0.3 is 0 Å². The molecule has 2 heterocycles. The first-order valence-corrected chi connectivity index (χ1v) is 14.4. The van der Waals surface area contributed by atoms with Gasteiger partial charge in [0.05, 0.1) is 23.9 Å². The molecule has 2 aliphatic heterocycles. The molecule has 8 nitrogen and oxygen atoms in total. The number of alkyl halides is 3. The molecule has 0 bridgehead atoms. The third-order valence-corrected chi connectivity index (χ3v) is 10.2. The Morgan fingerprint density at radius 3 is 2.39 bits per heavy atom. The smallest absolute Gasteiger partial charge is 0.254 e. The highest BCUT2D eigenvalue weighted by molar-refractivity contribution is 9.09. The fraction of sp³-hybridized carbons (Fsp3) is 0.556. The molecule has 0 radical (unpaired) electrons. The number of imide groups is 2. The molecule has 2 saturated heterocycles. The lowest BCUT2D eigenvalue weighted by atomic mass is 9.56. The molecule has 1 aromatic carbocycles. The molecule has 2 aliphatic carbocycles. The minimum atomic E-state index is -1.90. The molecule has 3 fully saturated rings. The summed E-state index contributed by atoms with van der Waals surface area (Å²) < 4.78 is 5.82. The third-order valence-electron chi connectivity index (χ3n) is 8.26. The fourth-order valence-electron chi connectivity index (χ4n) is 6.77. The van der Waals surface area contributed by atoms with Crippen molar-refractivity contribution < 1.29 is 29.0 Å². The summed E-state index contributed by atoms with van der Waals surface area (Å²) in [5.41, 5.74) is 0.420. The van der Waals surface area contributed by atoms with E-state index in [-0.39, 0.29) is 36.9 Å². The number of carbonyl (C=O) groups is 4. The highest BCUT2D eigenvalue weighted by Gasteiger charge is 2.76. The predicted octanol–water partition coefficient (Wildman–Crippen LogP) is 3.57. The van der Waals surface area contributed by atoms with E-state index in [0.717, 1.165) is 4.90 Å². The van der Waals surface area contributed by atoms with Crippen LogP contribution in [-0.4, -0.2) is 72.5 Å². The summed E-state index contributed by atoms with van der Waals surface area (Å²) in [5, 5.41) is 9.38. The molecule has 4 aliphatic rings. The van der Waals surface area contributed by atoms with Crippen molar-refractivity contribution in [1.82, 2.24) is 9.80 Å². The van der Waals surface area contributed by atoms with Crippen molar-refractivity contribution in [3.05, 3.63) is 41.5 Å². The van der Waals surface area contributed by atoms with E-state index in [1.165, 1.54) is 4.90 Å². The van der Waals surface area contributed by atoms with Gasteiger partial charge in [0.2, 0.25) is 11.8 Å². The molecule has 38 heavy (non-hydrogen) atoms. The van der Waals surface area contributed by atoms with Crippen molar-refractivity contribution in [2.75, 3.05) is 18.7 Å². The van der Waals surface area contributed by atoms with Crippen LogP contribution in [0.4, 0.5) is 0 Å². The Morgan fingerprint density at radius 1 is 1.08 bits per heavy atom. The van der Waals surface area contributed by atoms with Gasteiger partial charge in [0.1, 0.15) is 12.4 Å². The van der Waals surface area contributed by atoms with Crippen LogP contribution in [0.5, 0.6) is 5.75 Å². The zero-order chi connectivity index (χ0) is 27.8. The summed E-state index contributed by atoms with van der Waals surface area (Å²) >= 11 is 17.7. The van der Waals surface area contributed by atoms with Crippen LogP contribution in [0.25, 0.3) is 0 Å². The number of hydrogen-bond acceptors (Lipinski definition) is 6. The zero-order valence-corrected chi connectivity index (χ0v) is 24.3. The molecular weight excluding hydrogens is 599 g/mol. The molecule has 4 amide bonds. The number of para-hydroxylation sites is 1. The van der Waals surface area contributed by atoms with Crippen molar-refractivity contribution in [3.8, 4) is 5.75 Å². The van der Waals surface area contributed by atoms with E-state index in [0.29, 0.717) is 23.3 Å². The van der Waals surface area contributed by atoms with Gasteiger partial charge < -0.3 is 9.84 Å². The second kappa shape index (κ2) is 9.32. The number of carbonyl (C=O) groups excluding carboxylic acids is 4. The summed E-state index contributed by atoms with van der Waals surface area (Å²) in [6.07, 6.45) is 2.13. The number of likely N-dealkylation sites (tertiary alicyclic amines) is 2. The van der Waals surface area contributed by atoms with Crippen LogP contribution in [0, 0.1) is 17.8 Å². The number of hydrogen-bond donors (Lipinski definition) is 1. The fourth-order valence-corrected chi connectivity index (χ4v) is 8.18. The van der Waals surface area contributed by atoms with Gasteiger partial charge in [-0.25, -0.2) is 0 Å². The van der Waals surface area contributed by atoms with E-state index in [4.69, 9.17) is 27.9 Å². The number of nitrogens with zero attached hydrogens (tertiary/aromatic N) is 2. The lowest BCUT2D eigenvalue weighted by Gasteiger charge is -2.51. The Bertz CT molecular complexity index is 1260. The molecule has 6 unspecified atom stereocenters.